The number of hydrogen-bond acceptors (Lipinski definition) is 1. The van der Waals surface area contributed by atoms with Crippen LogP contribution in [0.2, 0.25) is 0 Å². The normalized spacial score (nSPS) is 17.2. The average Bonchev–Trinajstić information content (AvgIpc) is 2.61. The predicted molar refractivity (Wildman–Crippen MR) is 59.3 cm³/mol. The largest absolute Gasteiger partial charge is 0.488 e. The fourth-order valence-corrected chi connectivity index (χ4v) is 1.76. The summed E-state index contributed by atoms with van der Waals surface area (Å²) in [5, 5.41) is 0. The SMILES string of the molecule is C=CC/C(C)=C1/COc2ccccc21. The maximum Gasteiger partial charge on any atom is 0.127 e. The highest BCUT2D eigenvalue weighted by atomic mass is 16.5. The Morgan fingerprint density at radius 2 is 2.29 bits per heavy atom. The van der Waals surface area contributed by atoms with Gasteiger partial charge in [-0.05, 0) is 25.0 Å². The number of rotatable bonds is 2. The second-order valence-corrected chi connectivity index (χ2v) is 3.54. The van der Waals surface area contributed by atoms with Gasteiger partial charge in [0.25, 0.3) is 0 Å². The number of hydrogen-bond donors (Lipinski definition) is 0. The van der Waals surface area contributed by atoms with Crippen molar-refractivity contribution < 1.29 is 4.74 Å². The van der Waals surface area contributed by atoms with Gasteiger partial charge in [-0.15, -0.1) is 6.58 Å². The Labute approximate surface area is 84.7 Å². The average molecular weight is 186 g/mol. The Bertz CT molecular complexity index is 388. The summed E-state index contributed by atoms with van der Waals surface area (Å²) in [6.45, 7) is 6.60. The van der Waals surface area contributed by atoms with Gasteiger partial charge in [0.05, 0.1) is 0 Å². The minimum atomic E-state index is 0.707. The maximum absolute atomic E-state index is 5.59. The fraction of sp³-hybridized carbons (Fsp3) is 0.231. The molecule has 0 amide bonds. The third-order valence-corrected chi connectivity index (χ3v) is 2.55. The van der Waals surface area contributed by atoms with Gasteiger partial charge in [0.2, 0.25) is 0 Å². The van der Waals surface area contributed by atoms with Crippen LogP contribution >= 0.6 is 0 Å². The van der Waals surface area contributed by atoms with Crippen LogP contribution in [0.25, 0.3) is 5.57 Å². The molecule has 14 heavy (non-hydrogen) atoms. The van der Waals surface area contributed by atoms with Gasteiger partial charge in [0.1, 0.15) is 12.4 Å². The van der Waals surface area contributed by atoms with E-state index in [2.05, 4.69) is 25.6 Å². The van der Waals surface area contributed by atoms with Crippen molar-refractivity contribution in [1.29, 1.82) is 0 Å². The molecule has 0 fully saturated rings. The zero-order valence-corrected chi connectivity index (χ0v) is 8.42. The highest BCUT2D eigenvalue weighted by molar-refractivity contribution is 5.76. The first-order chi connectivity index (χ1) is 6.83. The van der Waals surface area contributed by atoms with Crippen LogP contribution in [-0.4, -0.2) is 6.61 Å². The molecule has 0 aromatic heterocycles. The van der Waals surface area contributed by atoms with Crippen LogP contribution in [0.3, 0.4) is 0 Å². The molecule has 1 aromatic carbocycles. The van der Waals surface area contributed by atoms with E-state index >= 15 is 0 Å². The van der Waals surface area contributed by atoms with E-state index in [9.17, 15) is 0 Å². The van der Waals surface area contributed by atoms with Gasteiger partial charge in [-0.25, -0.2) is 0 Å². The number of allylic oxidation sites excluding steroid dienone is 2. The van der Waals surface area contributed by atoms with E-state index in [1.165, 1.54) is 16.7 Å². The number of para-hydroxylation sites is 1. The summed E-state index contributed by atoms with van der Waals surface area (Å²) in [7, 11) is 0. The summed E-state index contributed by atoms with van der Waals surface area (Å²) in [6, 6.07) is 8.19. The third kappa shape index (κ3) is 1.46. The van der Waals surface area contributed by atoms with Crippen molar-refractivity contribution in [3.8, 4) is 5.75 Å². The smallest absolute Gasteiger partial charge is 0.127 e. The lowest BCUT2D eigenvalue weighted by Crippen LogP contribution is -1.90. The molecular weight excluding hydrogens is 172 g/mol. The summed E-state index contributed by atoms with van der Waals surface area (Å²) in [5.41, 5.74) is 3.91. The van der Waals surface area contributed by atoms with E-state index in [-0.39, 0.29) is 0 Å². The molecule has 1 nitrogen and oxygen atoms in total. The van der Waals surface area contributed by atoms with Gasteiger partial charge in [-0.3, -0.25) is 0 Å². The van der Waals surface area contributed by atoms with Crippen LogP contribution in [0.5, 0.6) is 5.75 Å². The summed E-state index contributed by atoms with van der Waals surface area (Å²) < 4.78 is 5.59. The Hall–Kier alpha value is -1.50. The molecule has 1 heterocycles. The lowest BCUT2D eigenvalue weighted by Gasteiger charge is -2.01. The fourth-order valence-electron chi connectivity index (χ4n) is 1.76. The van der Waals surface area contributed by atoms with E-state index in [1.807, 2.05) is 18.2 Å². The zero-order chi connectivity index (χ0) is 9.97. The molecule has 1 aliphatic heterocycles. The molecule has 0 bridgehead atoms. The highest BCUT2D eigenvalue weighted by Gasteiger charge is 2.17. The number of benzene rings is 1. The van der Waals surface area contributed by atoms with Crippen molar-refractivity contribution in [3.05, 3.63) is 48.1 Å². The highest BCUT2D eigenvalue weighted by Crippen LogP contribution is 2.35. The molecule has 0 N–H and O–H groups in total. The first-order valence-electron chi connectivity index (χ1n) is 4.84. The van der Waals surface area contributed by atoms with E-state index in [4.69, 9.17) is 4.74 Å². The van der Waals surface area contributed by atoms with E-state index in [0.717, 1.165) is 12.2 Å². The van der Waals surface area contributed by atoms with Crippen LogP contribution < -0.4 is 4.74 Å². The molecular formula is C13H14O. The molecule has 0 aliphatic carbocycles. The standard InChI is InChI=1S/C13H14O/c1-3-6-10(2)12-9-14-13-8-5-4-7-11(12)13/h3-5,7-8H,1,6,9H2,2H3/b12-10-. The topological polar surface area (TPSA) is 9.23 Å². The van der Waals surface area contributed by atoms with Gasteiger partial charge in [0, 0.05) is 5.56 Å². The van der Waals surface area contributed by atoms with Crippen LogP contribution in [0, 0.1) is 0 Å². The van der Waals surface area contributed by atoms with Gasteiger partial charge in [-0.1, -0.05) is 29.8 Å². The lowest BCUT2D eigenvalue weighted by molar-refractivity contribution is 0.388. The monoisotopic (exact) mass is 186 g/mol. The van der Waals surface area contributed by atoms with Crippen molar-refractivity contribution in [3.63, 3.8) is 0 Å². The van der Waals surface area contributed by atoms with Gasteiger partial charge >= 0.3 is 0 Å². The van der Waals surface area contributed by atoms with E-state index in [0.29, 0.717) is 6.61 Å². The van der Waals surface area contributed by atoms with Crippen molar-refractivity contribution in [2.24, 2.45) is 0 Å². The molecule has 0 spiro atoms. The van der Waals surface area contributed by atoms with E-state index in [1.54, 1.807) is 0 Å². The molecule has 1 aliphatic rings. The summed E-state index contributed by atoms with van der Waals surface area (Å²) in [4.78, 5) is 0. The van der Waals surface area contributed by atoms with Crippen LogP contribution in [-0.2, 0) is 0 Å². The Balaban J connectivity index is 2.43. The molecule has 0 saturated carbocycles. The number of ether oxygens (including phenoxy) is 1. The zero-order valence-electron chi connectivity index (χ0n) is 8.42. The number of fused-ring (bicyclic) bond motifs is 1. The third-order valence-electron chi connectivity index (χ3n) is 2.55. The lowest BCUT2D eigenvalue weighted by atomic mass is 10.0. The molecule has 0 saturated heterocycles. The molecule has 0 radical (unpaired) electrons. The Kier molecular flexibility index (Phi) is 2.40. The van der Waals surface area contributed by atoms with Gasteiger partial charge in [-0.2, -0.15) is 0 Å². The summed E-state index contributed by atoms with van der Waals surface area (Å²) in [5.74, 6) is 1.01. The summed E-state index contributed by atoms with van der Waals surface area (Å²) in [6.07, 6.45) is 2.87. The second-order valence-electron chi connectivity index (χ2n) is 3.54. The first-order valence-corrected chi connectivity index (χ1v) is 4.84. The molecule has 0 unspecified atom stereocenters. The van der Waals surface area contributed by atoms with Crippen molar-refractivity contribution >= 4 is 5.57 Å². The maximum atomic E-state index is 5.59. The molecule has 72 valence electrons. The van der Waals surface area contributed by atoms with Gasteiger partial charge in [0.15, 0.2) is 0 Å². The van der Waals surface area contributed by atoms with Crippen molar-refractivity contribution in [1.82, 2.24) is 0 Å². The molecule has 1 aromatic rings. The Morgan fingerprint density at radius 1 is 1.50 bits per heavy atom. The van der Waals surface area contributed by atoms with Crippen LogP contribution in [0.15, 0.2) is 42.5 Å². The summed E-state index contributed by atoms with van der Waals surface area (Å²) >= 11 is 0. The van der Waals surface area contributed by atoms with E-state index < -0.39 is 0 Å². The quantitative estimate of drug-likeness (QED) is 0.643. The molecule has 1 heteroatoms. The minimum Gasteiger partial charge on any atom is -0.488 e. The predicted octanol–water partition coefficient (Wildman–Crippen LogP) is 3.43. The first kappa shape index (κ1) is 9.07. The van der Waals surface area contributed by atoms with Crippen molar-refractivity contribution in [2.75, 3.05) is 6.61 Å². The molecule has 2 rings (SSSR count). The van der Waals surface area contributed by atoms with Gasteiger partial charge < -0.3 is 4.74 Å². The molecule has 0 atom stereocenters. The van der Waals surface area contributed by atoms with Crippen LogP contribution in [0.4, 0.5) is 0 Å². The minimum absolute atomic E-state index is 0.707. The Morgan fingerprint density at radius 3 is 3.07 bits per heavy atom. The second kappa shape index (κ2) is 3.70. The van der Waals surface area contributed by atoms with Crippen LogP contribution in [0.1, 0.15) is 18.9 Å². The van der Waals surface area contributed by atoms with Crippen molar-refractivity contribution in [2.45, 2.75) is 13.3 Å².